The third-order valence-corrected chi connectivity index (χ3v) is 4.98. The molecule has 0 spiro atoms. The normalized spacial score (nSPS) is 11.9. The molecule has 0 fully saturated rings. The SMILES string of the molecule is CCC(NC(=O)/C=C\c1ccc(Cl)c(Cl)c1)c1ccccc1OCC(=O)N(C)C. The fourth-order valence-electron chi connectivity index (χ4n) is 2.58. The van der Waals surface area contributed by atoms with E-state index in [9.17, 15) is 9.59 Å². The highest BCUT2D eigenvalue weighted by Gasteiger charge is 2.17. The molecule has 0 radical (unpaired) electrons. The number of benzene rings is 2. The molecule has 0 aliphatic carbocycles. The first-order valence-corrected chi connectivity index (χ1v) is 9.93. The van der Waals surface area contributed by atoms with Gasteiger partial charge in [-0.1, -0.05) is 54.4 Å². The van der Waals surface area contributed by atoms with Crippen LogP contribution < -0.4 is 10.1 Å². The topological polar surface area (TPSA) is 58.6 Å². The van der Waals surface area contributed by atoms with E-state index in [-0.39, 0.29) is 24.5 Å². The molecule has 0 aromatic heterocycles. The van der Waals surface area contributed by atoms with Crippen LogP contribution in [0.1, 0.15) is 30.5 Å². The fourth-order valence-corrected chi connectivity index (χ4v) is 2.88. The maximum atomic E-state index is 12.4. The van der Waals surface area contributed by atoms with Crippen molar-refractivity contribution in [2.75, 3.05) is 20.7 Å². The van der Waals surface area contributed by atoms with Crippen molar-refractivity contribution < 1.29 is 14.3 Å². The van der Waals surface area contributed by atoms with E-state index in [1.165, 1.54) is 11.0 Å². The molecule has 2 rings (SSSR count). The van der Waals surface area contributed by atoms with Gasteiger partial charge in [-0.05, 0) is 36.3 Å². The van der Waals surface area contributed by atoms with Gasteiger partial charge in [0, 0.05) is 25.7 Å². The van der Waals surface area contributed by atoms with E-state index in [1.807, 2.05) is 25.1 Å². The Morgan fingerprint density at radius 3 is 2.52 bits per heavy atom. The molecule has 1 N–H and O–H groups in total. The third-order valence-electron chi connectivity index (χ3n) is 4.24. The van der Waals surface area contributed by atoms with E-state index in [4.69, 9.17) is 27.9 Å². The Kier molecular flexibility index (Phi) is 8.55. The number of carbonyl (C=O) groups excluding carboxylic acids is 2. The van der Waals surface area contributed by atoms with Crippen LogP contribution in [0.3, 0.4) is 0 Å². The Morgan fingerprint density at radius 2 is 1.86 bits per heavy atom. The lowest BCUT2D eigenvalue weighted by molar-refractivity contribution is -0.130. The second kappa shape index (κ2) is 10.9. The molecular formula is C22H24Cl2N2O3. The van der Waals surface area contributed by atoms with Crippen LogP contribution in [-0.2, 0) is 9.59 Å². The second-order valence-electron chi connectivity index (χ2n) is 6.59. The number of para-hydroxylation sites is 1. The van der Waals surface area contributed by atoms with Crippen molar-refractivity contribution in [2.45, 2.75) is 19.4 Å². The summed E-state index contributed by atoms with van der Waals surface area (Å²) in [5.74, 6) is 0.187. The van der Waals surface area contributed by atoms with Gasteiger partial charge in [0.15, 0.2) is 6.61 Å². The molecule has 5 nitrogen and oxygen atoms in total. The highest BCUT2D eigenvalue weighted by molar-refractivity contribution is 6.42. The lowest BCUT2D eigenvalue weighted by Gasteiger charge is -2.20. The Bertz CT molecular complexity index is 897. The molecule has 0 aliphatic heterocycles. The number of ether oxygens (including phenoxy) is 1. The van der Waals surface area contributed by atoms with E-state index >= 15 is 0 Å². The molecule has 2 aromatic carbocycles. The van der Waals surface area contributed by atoms with Crippen LogP contribution in [-0.4, -0.2) is 37.4 Å². The zero-order chi connectivity index (χ0) is 21.4. The molecule has 0 aliphatic rings. The molecule has 7 heteroatoms. The molecule has 0 saturated carbocycles. The van der Waals surface area contributed by atoms with Crippen LogP contribution >= 0.6 is 23.2 Å². The zero-order valence-electron chi connectivity index (χ0n) is 16.6. The lowest BCUT2D eigenvalue weighted by atomic mass is 10.0. The minimum Gasteiger partial charge on any atom is -0.483 e. The number of amides is 2. The lowest BCUT2D eigenvalue weighted by Crippen LogP contribution is -2.29. The van der Waals surface area contributed by atoms with Crippen molar-refractivity contribution in [3.05, 3.63) is 69.7 Å². The van der Waals surface area contributed by atoms with Crippen molar-refractivity contribution in [3.63, 3.8) is 0 Å². The largest absolute Gasteiger partial charge is 0.483 e. The summed E-state index contributed by atoms with van der Waals surface area (Å²) < 4.78 is 5.69. The van der Waals surface area contributed by atoms with E-state index in [2.05, 4.69) is 5.32 Å². The van der Waals surface area contributed by atoms with Gasteiger partial charge in [0.25, 0.3) is 5.91 Å². The summed E-state index contributed by atoms with van der Waals surface area (Å²) in [5.41, 5.74) is 1.59. The van der Waals surface area contributed by atoms with Crippen LogP contribution in [0.4, 0.5) is 0 Å². The molecule has 0 bridgehead atoms. The fraction of sp³-hybridized carbons (Fsp3) is 0.273. The smallest absolute Gasteiger partial charge is 0.259 e. The average molecular weight is 435 g/mol. The summed E-state index contributed by atoms with van der Waals surface area (Å²) in [4.78, 5) is 25.7. The number of carbonyl (C=O) groups is 2. The first-order chi connectivity index (χ1) is 13.8. The van der Waals surface area contributed by atoms with Crippen LogP contribution in [0.15, 0.2) is 48.5 Å². The van der Waals surface area contributed by atoms with Gasteiger partial charge >= 0.3 is 0 Å². The number of hydrogen-bond donors (Lipinski definition) is 1. The number of nitrogens with zero attached hydrogens (tertiary/aromatic N) is 1. The molecule has 0 heterocycles. The van der Waals surface area contributed by atoms with Crippen LogP contribution in [0.25, 0.3) is 6.08 Å². The van der Waals surface area contributed by atoms with Gasteiger partial charge in [0.05, 0.1) is 16.1 Å². The minimum absolute atomic E-state index is 0.0639. The zero-order valence-corrected chi connectivity index (χ0v) is 18.1. The summed E-state index contributed by atoms with van der Waals surface area (Å²) in [7, 11) is 3.35. The van der Waals surface area contributed by atoms with Gasteiger partial charge in [0.2, 0.25) is 5.91 Å². The Morgan fingerprint density at radius 1 is 1.14 bits per heavy atom. The molecule has 2 amide bonds. The number of likely N-dealkylation sites (N-methyl/N-ethyl adjacent to an activating group) is 1. The van der Waals surface area contributed by atoms with E-state index < -0.39 is 0 Å². The van der Waals surface area contributed by atoms with Gasteiger partial charge in [-0.2, -0.15) is 0 Å². The van der Waals surface area contributed by atoms with Gasteiger partial charge in [-0.3, -0.25) is 9.59 Å². The third kappa shape index (κ3) is 6.80. The number of halogens is 2. The second-order valence-corrected chi connectivity index (χ2v) is 7.41. The van der Waals surface area contributed by atoms with Gasteiger partial charge in [-0.15, -0.1) is 0 Å². The predicted octanol–water partition coefficient (Wildman–Crippen LogP) is 4.74. The quantitative estimate of drug-likeness (QED) is 0.610. The summed E-state index contributed by atoms with van der Waals surface area (Å²) >= 11 is 11.9. The number of rotatable bonds is 8. The highest BCUT2D eigenvalue weighted by Crippen LogP contribution is 2.27. The van der Waals surface area contributed by atoms with E-state index in [0.717, 1.165) is 11.1 Å². The van der Waals surface area contributed by atoms with Crippen molar-refractivity contribution in [1.29, 1.82) is 0 Å². The number of nitrogens with one attached hydrogen (secondary N) is 1. The summed E-state index contributed by atoms with van der Waals surface area (Å²) in [6.45, 7) is 1.90. The molecule has 2 aromatic rings. The molecule has 0 saturated heterocycles. The Balaban J connectivity index is 2.09. The summed E-state index contributed by atoms with van der Waals surface area (Å²) in [6, 6.07) is 12.3. The van der Waals surface area contributed by atoms with Gasteiger partial charge in [-0.25, -0.2) is 0 Å². The van der Waals surface area contributed by atoms with Gasteiger partial charge in [0.1, 0.15) is 5.75 Å². The Hall–Kier alpha value is -2.50. The monoisotopic (exact) mass is 434 g/mol. The van der Waals surface area contributed by atoms with Gasteiger partial charge < -0.3 is 15.0 Å². The van der Waals surface area contributed by atoms with Crippen molar-refractivity contribution in [3.8, 4) is 5.75 Å². The first kappa shape index (κ1) is 22.8. The molecule has 1 unspecified atom stereocenters. The summed E-state index contributed by atoms with van der Waals surface area (Å²) in [6.07, 6.45) is 3.78. The maximum absolute atomic E-state index is 12.4. The molecule has 29 heavy (non-hydrogen) atoms. The number of hydrogen-bond acceptors (Lipinski definition) is 3. The maximum Gasteiger partial charge on any atom is 0.259 e. The highest BCUT2D eigenvalue weighted by atomic mass is 35.5. The minimum atomic E-state index is -0.258. The Labute approximate surface area is 181 Å². The van der Waals surface area contributed by atoms with Crippen LogP contribution in [0, 0.1) is 0 Å². The first-order valence-electron chi connectivity index (χ1n) is 9.17. The van der Waals surface area contributed by atoms with Crippen LogP contribution in [0.2, 0.25) is 10.0 Å². The standard InChI is InChI=1S/C22H24Cl2N2O3/c1-4-19(16-7-5-6-8-20(16)29-14-22(28)26(2)3)25-21(27)12-10-15-9-11-17(23)18(24)13-15/h5-13,19H,4,14H2,1-3H3,(H,25,27)/b12-10-. The molecular weight excluding hydrogens is 411 g/mol. The van der Waals surface area contributed by atoms with Crippen molar-refractivity contribution >= 4 is 41.1 Å². The summed E-state index contributed by atoms with van der Waals surface area (Å²) in [5, 5.41) is 3.86. The van der Waals surface area contributed by atoms with Crippen LogP contribution in [0.5, 0.6) is 5.75 Å². The average Bonchev–Trinajstić information content (AvgIpc) is 2.71. The molecule has 1 atom stereocenters. The predicted molar refractivity (Wildman–Crippen MR) is 117 cm³/mol. The van der Waals surface area contributed by atoms with Crippen molar-refractivity contribution in [1.82, 2.24) is 10.2 Å². The van der Waals surface area contributed by atoms with E-state index in [0.29, 0.717) is 22.2 Å². The molecule has 154 valence electrons. The van der Waals surface area contributed by atoms with E-state index in [1.54, 1.807) is 44.4 Å². The van der Waals surface area contributed by atoms with Crippen molar-refractivity contribution in [2.24, 2.45) is 0 Å².